The monoisotopic (exact) mass is 463 g/mol. The molecule has 1 heterocycles. The van der Waals surface area contributed by atoms with Crippen molar-refractivity contribution in [2.75, 3.05) is 0 Å². The molecule has 3 atom stereocenters. The second-order valence-corrected chi connectivity index (χ2v) is 9.49. The lowest BCUT2D eigenvalue weighted by molar-refractivity contribution is -0.138. The molecule has 2 aromatic rings. The number of aliphatic carboxylic acids is 1. The summed E-state index contributed by atoms with van der Waals surface area (Å²) in [5.74, 6) is -0.771. The molecule has 1 unspecified atom stereocenters. The minimum atomic E-state index is -1.01. The number of benzene rings is 1. The van der Waals surface area contributed by atoms with Crippen LogP contribution in [-0.2, 0) is 9.59 Å². The Morgan fingerprint density at radius 2 is 2.06 bits per heavy atom. The van der Waals surface area contributed by atoms with Crippen molar-refractivity contribution in [2.24, 2.45) is 11.8 Å². The zero-order valence-electron chi connectivity index (χ0n) is 20.2. The van der Waals surface area contributed by atoms with Crippen LogP contribution in [0.5, 0.6) is 0 Å². The lowest BCUT2D eigenvalue weighted by Crippen LogP contribution is -2.40. The summed E-state index contributed by atoms with van der Waals surface area (Å²) in [5.41, 5.74) is 3.74. The summed E-state index contributed by atoms with van der Waals surface area (Å²) in [5, 5.41) is 12.5. The highest BCUT2D eigenvalue weighted by Gasteiger charge is 2.27. The third-order valence-corrected chi connectivity index (χ3v) is 6.06. The summed E-state index contributed by atoms with van der Waals surface area (Å²) in [4.78, 5) is 41.2. The molecule has 3 rings (SSSR count). The summed E-state index contributed by atoms with van der Waals surface area (Å²) < 4.78 is 1.36. The van der Waals surface area contributed by atoms with E-state index in [1.54, 1.807) is 0 Å². The number of hydrogen-bond acceptors (Lipinski definition) is 4. The number of allylic oxidation sites excluding steroid dienone is 4. The predicted molar refractivity (Wildman–Crippen MR) is 132 cm³/mol. The molecule has 0 saturated heterocycles. The maximum absolute atomic E-state index is 13.4. The Balaban J connectivity index is 1.93. The van der Waals surface area contributed by atoms with Gasteiger partial charge in [0.25, 0.3) is 5.56 Å². The van der Waals surface area contributed by atoms with Crippen molar-refractivity contribution < 1.29 is 14.7 Å². The number of carboxylic acids is 1. The molecule has 0 fully saturated rings. The first-order valence-electron chi connectivity index (χ1n) is 11.7. The number of carbonyl (C=O) groups excluding carboxylic acids is 1. The van der Waals surface area contributed by atoms with Crippen LogP contribution in [0.1, 0.15) is 70.2 Å². The fraction of sp³-hybridized carbons (Fsp3) is 0.407. The summed E-state index contributed by atoms with van der Waals surface area (Å²) in [6.45, 7) is 8.23. The molecule has 0 spiro atoms. The Morgan fingerprint density at radius 3 is 2.71 bits per heavy atom. The molecule has 1 aliphatic rings. The highest BCUT2D eigenvalue weighted by molar-refractivity contribution is 5.82. The highest BCUT2D eigenvalue weighted by Crippen LogP contribution is 2.31. The summed E-state index contributed by atoms with van der Waals surface area (Å²) in [6, 6.07) is 6.17. The van der Waals surface area contributed by atoms with Gasteiger partial charge in [-0.1, -0.05) is 56.7 Å². The third kappa shape index (κ3) is 6.31. The van der Waals surface area contributed by atoms with E-state index in [1.807, 2.05) is 38.1 Å². The first-order valence-corrected chi connectivity index (χ1v) is 11.7. The number of hydrogen-bond donors (Lipinski definition) is 2. The van der Waals surface area contributed by atoms with Crippen LogP contribution in [0.25, 0.3) is 5.57 Å². The quantitative estimate of drug-likeness (QED) is 0.569. The summed E-state index contributed by atoms with van der Waals surface area (Å²) in [6.07, 6.45) is 9.57. The Hall–Kier alpha value is -3.48. The van der Waals surface area contributed by atoms with Crippen LogP contribution in [-0.4, -0.2) is 26.5 Å². The van der Waals surface area contributed by atoms with E-state index in [-0.39, 0.29) is 23.8 Å². The third-order valence-electron chi connectivity index (χ3n) is 6.06. The van der Waals surface area contributed by atoms with E-state index in [9.17, 15) is 19.5 Å². The average molecular weight is 464 g/mol. The molecule has 1 aromatic heterocycles. The predicted octanol–water partition coefficient (Wildman–Crippen LogP) is 4.53. The number of rotatable bonds is 9. The van der Waals surface area contributed by atoms with Gasteiger partial charge in [-0.25, -0.2) is 0 Å². The van der Waals surface area contributed by atoms with Crippen molar-refractivity contribution in [3.05, 3.63) is 82.1 Å². The van der Waals surface area contributed by atoms with Crippen molar-refractivity contribution in [3.8, 4) is 0 Å². The van der Waals surface area contributed by atoms with Crippen molar-refractivity contribution in [2.45, 2.75) is 59.0 Å². The molecule has 7 heteroatoms. The van der Waals surface area contributed by atoms with E-state index in [2.05, 4.69) is 36.3 Å². The first-order chi connectivity index (χ1) is 16.2. The Bertz CT molecular complexity index is 1160. The average Bonchev–Trinajstić information content (AvgIpc) is 2.77. The minimum absolute atomic E-state index is 0.146. The Morgan fingerprint density at radius 1 is 1.29 bits per heavy atom. The van der Waals surface area contributed by atoms with Crippen LogP contribution in [0.4, 0.5) is 0 Å². The number of nitrogens with zero attached hydrogens (tertiary/aromatic N) is 2. The lowest BCUT2D eigenvalue weighted by atomic mass is 9.87. The molecule has 0 aliphatic heterocycles. The normalized spacial score (nSPS) is 17.5. The van der Waals surface area contributed by atoms with Gasteiger partial charge in [-0.2, -0.15) is 0 Å². The topological polar surface area (TPSA) is 101 Å². The van der Waals surface area contributed by atoms with E-state index >= 15 is 0 Å². The van der Waals surface area contributed by atoms with Gasteiger partial charge in [-0.3, -0.25) is 19.4 Å². The molecule has 7 nitrogen and oxygen atoms in total. The Labute approximate surface area is 200 Å². The smallest absolute Gasteiger partial charge is 0.305 e. The number of aromatic nitrogens is 2. The number of nitrogens with one attached hydrogen (secondary N) is 1. The van der Waals surface area contributed by atoms with Crippen LogP contribution in [0.15, 0.2) is 65.4 Å². The summed E-state index contributed by atoms with van der Waals surface area (Å²) >= 11 is 0. The molecule has 0 saturated carbocycles. The minimum Gasteiger partial charge on any atom is -0.481 e. The van der Waals surface area contributed by atoms with Gasteiger partial charge in [-0.05, 0) is 54.4 Å². The van der Waals surface area contributed by atoms with Crippen molar-refractivity contribution in [3.63, 3.8) is 0 Å². The summed E-state index contributed by atoms with van der Waals surface area (Å²) in [7, 11) is 0. The second-order valence-electron chi connectivity index (χ2n) is 9.49. The van der Waals surface area contributed by atoms with E-state index in [1.165, 1.54) is 28.7 Å². The van der Waals surface area contributed by atoms with Crippen molar-refractivity contribution in [1.29, 1.82) is 0 Å². The molecule has 180 valence electrons. The van der Waals surface area contributed by atoms with Gasteiger partial charge in [0.15, 0.2) is 0 Å². The zero-order valence-corrected chi connectivity index (χ0v) is 20.2. The van der Waals surface area contributed by atoms with Gasteiger partial charge >= 0.3 is 5.97 Å². The van der Waals surface area contributed by atoms with Crippen LogP contribution in [0.2, 0.25) is 0 Å². The van der Waals surface area contributed by atoms with Gasteiger partial charge in [0.05, 0.1) is 18.7 Å². The van der Waals surface area contributed by atoms with E-state index in [0.717, 1.165) is 17.6 Å². The van der Waals surface area contributed by atoms with Gasteiger partial charge < -0.3 is 15.0 Å². The van der Waals surface area contributed by atoms with E-state index in [4.69, 9.17) is 0 Å². The van der Waals surface area contributed by atoms with Gasteiger partial charge in [0, 0.05) is 12.4 Å². The fourth-order valence-electron chi connectivity index (χ4n) is 4.43. The van der Waals surface area contributed by atoms with Gasteiger partial charge in [-0.15, -0.1) is 0 Å². The van der Waals surface area contributed by atoms with Crippen LogP contribution < -0.4 is 10.9 Å². The molecule has 1 aliphatic carbocycles. The maximum Gasteiger partial charge on any atom is 0.305 e. The van der Waals surface area contributed by atoms with Crippen molar-refractivity contribution >= 4 is 17.4 Å². The largest absolute Gasteiger partial charge is 0.481 e. The highest BCUT2D eigenvalue weighted by atomic mass is 16.4. The Kier molecular flexibility index (Phi) is 8.21. The SMILES string of the molecule is CC1=C(c2cccc([C@H](CC(=O)O)NC(=O)[C@H](CC(C)C)n3ccncc3=O)c2)C=CC(C)C1. The first kappa shape index (κ1) is 25.1. The number of amides is 1. The number of carbonyl (C=O) groups is 2. The van der Waals surface area contributed by atoms with Gasteiger partial charge in [0.2, 0.25) is 5.91 Å². The molecule has 1 amide bonds. The molecule has 2 N–H and O–H groups in total. The molecule has 34 heavy (non-hydrogen) atoms. The molecular weight excluding hydrogens is 430 g/mol. The van der Waals surface area contributed by atoms with E-state index < -0.39 is 18.1 Å². The molecule has 0 radical (unpaired) electrons. The lowest BCUT2D eigenvalue weighted by Gasteiger charge is -2.25. The van der Waals surface area contributed by atoms with Crippen LogP contribution in [0, 0.1) is 11.8 Å². The molecule has 1 aromatic carbocycles. The van der Waals surface area contributed by atoms with E-state index in [0.29, 0.717) is 17.9 Å². The zero-order chi connectivity index (χ0) is 24.8. The number of carboxylic acid groups (broad SMARTS) is 1. The van der Waals surface area contributed by atoms with Gasteiger partial charge in [0.1, 0.15) is 6.04 Å². The van der Waals surface area contributed by atoms with Crippen LogP contribution in [0.3, 0.4) is 0 Å². The fourth-order valence-corrected chi connectivity index (χ4v) is 4.43. The van der Waals surface area contributed by atoms with Crippen LogP contribution >= 0.6 is 0 Å². The second kappa shape index (κ2) is 11.1. The standard InChI is InChI=1S/C27H33N3O4/c1-17(2)12-24(30-11-10-28-16-25(30)31)27(34)29-23(15-26(32)33)21-7-5-6-20(14-21)22-9-8-18(3)13-19(22)4/h5-11,14,16-18,23-24H,12-13,15H2,1-4H3,(H,29,34)(H,32,33)/t18?,23-,24-/m0/s1. The van der Waals surface area contributed by atoms with Crippen molar-refractivity contribution in [1.82, 2.24) is 14.9 Å². The molecule has 0 bridgehead atoms. The molecular formula is C27H33N3O4. The maximum atomic E-state index is 13.4.